The van der Waals surface area contributed by atoms with E-state index in [0.29, 0.717) is 28.3 Å². The molecule has 2 heterocycles. The summed E-state index contributed by atoms with van der Waals surface area (Å²) in [4.78, 5) is 29.8. The van der Waals surface area contributed by atoms with Gasteiger partial charge in [-0.2, -0.15) is 5.10 Å². The van der Waals surface area contributed by atoms with Gasteiger partial charge in [0.15, 0.2) is 0 Å². The van der Waals surface area contributed by atoms with Gasteiger partial charge >= 0.3 is 0 Å². The minimum absolute atomic E-state index is 0.0530. The quantitative estimate of drug-likeness (QED) is 0.504. The van der Waals surface area contributed by atoms with Crippen molar-refractivity contribution in [3.63, 3.8) is 0 Å². The summed E-state index contributed by atoms with van der Waals surface area (Å²) < 4.78 is 2.35. The fraction of sp³-hybridized carbons (Fsp3) is 0.524. The van der Waals surface area contributed by atoms with Gasteiger partial charge in [-0.05, 0) is 60.3 Å². The van der Waals surface area contributed by atoms with E-state index in [1.807, 2.05) is 13.8 Å². The molecule has 158 valence electrons. The van der Waals surface area contributed by atoms with Crippen LogP contribution in [0.5, 0.6) is 0 Å². The number of carbonyl (C=O) groups is 2. The van der Waals surface area contributed by atoms with Crippen LogP contribution in [0.4, 0.5) is 5.69 Å². The Balaban J connectivity index is 2.10. The summed E-state index contributed by atoms with van der Waals surface area (Å²) in [6.07, 6.45) is 6.71. The van der Waals surface area contributed by atoms with Crippen molar-refractivity contribution in [2.75, 3.05) is 5.32 Å². The van der Waals surface area contributed by atoms with Gasteiger partial charge in [0.05, 0.1) is 11.9 Å². The fourth-order valence-corrected chi connectivity index (χ4v) is 3.19. The predicted molar refractivity (Wildman–Crippen MR) is 118 cm³/mol. The van der Waals surface area contributed by atoms with Gasteiger partial charge in [0.2, 0.25) is 5.91 Å². The van der Waals surface area contributed by atoms with E-state index >= 15 is 0 Å². The molecule has 2 unspecified atom stereocenters. The molecule has 7 nitrogen and oxygen atoms in total. The monoisotopic (exact) mass is 463 g/mol. The Labute approximate surface area is 180 Å². The normalized spacial score (nSPS) is 13.2. The molecule has 0 aliphatic rings. The third-order valence-electron chi connectivity index (χ3n) is 4.90. The maximum absolute atomic E-state index is 12.9. The molecule has 0 aliphatic carbocycles. The molecule has 2 amide bonds. The number of hydrogen-bond acceptors (Lipinski definition) is 4. The molecule has 0 radical (unpaired) electrons. The highest BCUT2D eigenvalue weighted by molar-refractivity contribution is 9.10. The summed E-state index contributed by atoms with van der Waals surface area (Å²) in [5, 5.41) is 9.95. The minimum Gasteiger partial charge on any atom is -0.339 e. The number of amides is 2. The van der Waals surface area contributed by atoms with Gasteiger partial charge in [0.25, 0.3) is 5.91 Å². The summed E-state index contributed by atoms with van der Waals surface area (Å²) in [6, 6.07) is 4.61. The number of nitrogens with one attached hydrogen (secondary N) is 2. The molecule has 0 bridgehead atoms. The smallest absolute Gasteiger partial charge is 0.270 e. The highest BCUT2D eigenvalue weighted by atomic mass is 79.9. The van der Waals surface area contributed by atoms with Crippen LogP contribution in [0.2, 0.25) is 0 Å². The molecule has 2 rings (SSSR count). The first kappa shape index (κ1) is 23.1. The number of hydrogen-bond donors (Lipinski definition) is 2. The van der Waals surface area contributed by atoms with E-state index in [0.717, 1.165) is 19.3 Å². The standard InChI is InChI=1S/C21H30BrN5O2/c1-5-15(4)7-6-8-17(20(28)25-16-9-10-19(22)23-13-16)26-21(29)18-11-12-24-27(18)14(2)3/h9-15,17H,5-8H2,1-4H3,(H,25,28)(H,26,29). The third-order valence-corrected chi connectivity index (χ3v) is 5.36. The van der Waals surface area contributed by atoms with E-state index in [-0.39, 0.29) is 17.9 Å². The highest BCUT2D eigenvalue weighted by Gasteiger charge is 2.24. The molecule has 0 aliphatic heterocycles. The molecule has 2 atom stereocenters. The maximum Gasteiger partial charge on any atom is 0.270 e. The molecular formula is C21H30BrN5O2. The second-order valence-electron chi connectivity index (χ2n) is 7.58. The van der Waals surface area contributed by atoms with E-state index in [1.165, 1.54) is 0 Å². The van der Waals surface area contributed by atoms with Crippen molar-refractivity contribution in [2.24, 2.45) is 5.92 Å². The van der Waals surface area contributed by atoms with Crippen LogP contribution in [0.1, 0.15) is 69.9 Å². The van der Waals surface area contributed by atoms with Gasteiger partial charge in [-0.15, -0.1) is 0 Å². The molecule has 2 N–H and O–H groups in total. The number of anilines is 1. The summed E-state index contributed by atoms with van der Waals surface area (Å²) in [5.41, 5.74) is 1.04. The second-order valence-corrected chi connectivity index (χ2v) is 8.40. The highest BCUT2D eigenvalue weighted by Crippen LogP contribution is 2.16. The largest absolute Gasteiger partial charge is 0.339 e. The summed E-state index contributed by atoms with van der Waals surface area (Å²) in [7, 11) is 0. The van der Waals surface area contributed by atoms with Crippen LogP contribution in [-0.4, -0.2) is 32.6 Å². The van der Waals surface area contributed by atoms with Crippen molar-refractivity contribution >= 4 is 33.4 Å². The van der Waals surface area contributed by atoms with Crippen LogP contribution in [0.3, 0.4) is 0 Å². The van der Waals surface area contributed by atoms with Crippen LogP contribution < -0.4 is 10.6 Å². The molecule has 0 saturated heterocycles. The Hall–Kier alpha value is -2.22. The molecule has 0 fully saturated rings. The Bertz CT molecular complexity index is 804. The van der Waals surface area contributed by atoms with Crippen molar-refractivity contribution in [3.05, 3.63) is 40.9 Å². The Kier molecular flexibility index (Phi) is 8.82. The molecule has 29 heavy (non-hydrogen) atoms. The summed E-state index contributed by atoms with van der Waals surface area (Å²) >= 11 is 3.28. The molecule has 0 spiro atoms. The summed E-state index contributed by atoms with van der Waals surface area (Å²) in [6.45, 7) is 8.27. The lowest BCUT2D eigenvalue weighted by Gasteiger charge is -2.20. The molecule has 2 aromatic heterocycles. The van der Waals surface area contributed by atoms with Crippen LogP contribution in [0, 0.1) is 5.92 Å². The molecule has 2 aromatic rings. The second kappa shape index (κ2) is 11.1. The van der Waals surface area contributed by atoms with Gasteiger partial charge in [-0.3, -0.25) is 14.3 Å². The van der Waals surface area contributed by atoms with Gasteiger partial charge in [-0.25, -0.2) is 4.98 Å². The Morgan fingerprint density at radius 3 is 2.55 bits per heavy atom. The van der Waals surface area contributed by atoms with Crippen LogP contribution in [0.15, 0.2) is 35.2 Å². The topological polar surface area (TPSA) is 88.9 Å². The van der Waals surface area contributed by atoms with Gasteiger partial charge in [0.1, 0.15) is 16.3 Å². The first-order chi connectivity index (χ1) is 13.8. The molecule has 0 aromatic carbocycles. The van der Waals surface area contributed by atoms with Crippen molar-refractivity contribution in [1.82, 2.24) is 20.1 Å². The lowest BCUT2D eigenvalue weighted by atomic mass is 9.99. The first-order valence-electron chi connectivity index (χ1n) is 10.1. The number of carbonyl (C=O) groups excluding carboxylic acids is 2. The van der Waals surface area contributed by atoms with Crippen molar-refractivity contribution < 1.29 is 9.59 Å². The average Bonchev–Trinajstić information content (AvgIpc) is 3.19. The van der Waals surface area contributed by atoms with E-state index < -0.39 is 6.04 Å². The van der Waals surface area contributed by atoms with Gasteiger partial charge in [0, 0.05) is 12.2 Å². The van der Waals surface area contributed by atoms with Crippen LogP contribution >= 0.6 is 15.9 Å². The van der Waals surface area contributed by atoms with Gasteiger partial charge < -0.3 is 10.6 Å². The molecule has 8 heteroatoms. The number of nitrogens with zero attached hydrogens (tertiary/aromatic N) is 3. The van der Waals surface area contributed by atoms with E-state index in [4.69, 9.17) is 0 Å². The number of rotatable bonds is 10. The van der Waals surface area contributed by atoms with Crippen molar-refractivity contribution in [1.29, 1.82) is 0 Å². The molecular weight excluding hydrogens is 434 g/mol. The third kappa shape index (κ3) is 6.96. The average molecular weight is 464 g/mol. The van der Waals surface area contributed by atoms with Gasteiger partial charge in [-0.1, -0.05) is 33.1 Å². The zero-order valence-electron chi connectivity index (χ0n) is 17.5. The predicted octanol–water partition coefficient (Wildman–Crippen LogP) is 4.58. The molecule has 0 saturated carbocycles. The minimum atomic E-state index is -0.634. The van der Waals surface area contributed by atoms with E-state index in [2.05, 4.69) is 50.5 Å². The Morgan fingerprint density at radius 2 is 1.93 bits per heavy atom. The van der Waals surface area contributed by atoms with E-state index in [9.17, 15) is 9.59 Å². The van der Waals surface area contributed by atoms with Crippen LogP contribution in [-0.2, 0) is 4.79 Å². The van der Waals surface area contributed by atoms with Crippen molar-refractivity contribution in [3.8, 4) is 0 Å². The number of halogens is 1. The summed E-state index contributed by atoms with van der Waals surface area (Å²) in [5.74, 6) is 0.0449. The Morgan fingerprint density at radius 1 is 1.17 bits per heavy atom. The number of pyridine rings is 1. The lowest BCUT2D eigenvalue weighted by Crippen LogP contribution is -2.44. The van der Waals surface area contributed by atoms with Crippen LogP contribution in [0.25, 0.3) is 0 Å². The fourth-order valence-electron chi connectivity index (χ4n) is 2.96. The maximum atomic E-state index is 12.9. The zero-order valence-corrected chi connectivity index (χ0v) is 19.1. The van der Waals surface area contributed by atoms with E-state index in [1.54, 1.807) is 35.3 Å². The first-order valence-corrected chi connectivity index (χ1v) is 10.9. The SMILES string of the molecule is CCC(C)CCCC(NC(=O)c1ccnn1C(C)C)C(=O)Nc1ccc(Br)nc1. The van der Waals surface area contributed by atoms with Crippen molar-refractivity contribution in [2.45, 2.75) is 65.5 Å². The zero-order chi connectivity index (χ0) is 21.4. The lowest BCUT2D eigenvalue weighted by molar-refractivity contribution is -0.118. The number of aromatic nitrogens is 3.